The molecule has 2 atom stereocenters. The lowest BCUT2D eigenvalue weighted by atomic mass is 10.2. The molecule has 2 N–H and O–H groups in total. The van der Waals surface area contributed by atoms with Crippen LogP contribution in [0, 0.1) is 5.82 Å². The predicted octanol–water partition coefficient (Wildman–Crippen LogP) is 2.96. The molecule has 2 unspecified atom stereocenters. The molecular formula is C20H24ClFN6O2S. The van der Waals surface area contributed by atoms with Crippen LogP contribution < -0.4 is 5.32 Å². The highest BCUT2D eigenvalue weighted by Crippen LogP contribution is 2.28. The van der Waals surface area contributed by atoms with Crippen LogP contribution in [-0.2, 0) is 14.4 Å². The van der Waals surface area contributed by atoms with E-state index >= 15 is 0 Å². The average Bonchev–Trinajstić information content (AvgIpc) is 3.16. The highest BCUT2D eigenvalue weighted by atomic mass is 35.5. The Morgan fingerprint density at radius 2 is 2.26 bits per heavy atom. The van der Waals surface area contributed by atoms with Gasteiger partial charge in [0.25, 0.3) is 0 Å². The van der Waals surface area contributed by atoms with Gasteiger partial charge in [-0.2, -0.15) is 0 Å². The van der Waals surface area contributed by atoms with Crippen molar-refractivity contribution in [2.24, 2.45) is 0 Å². The van der Waals surface area contributed by atoms with Gasteiger partial charge in [0.1, 0.15) is 5.65 Å². The molecule has 3 aromatic rings. The van der Waals surface area contributed by atoms with Crippen molar-refractivity contribution in [2.75, 3.05) is 31.6 Å². The van der Waals surface area contributed by atoms with Crippen molar-refractivity contribution in [3.8, 4) is 11.4 Å². The Bertz CT molecular complexity index is 1200. The molecule has 3 aromatic heterocycles. The number of hydrogen-bond donors (Lipinski definition) is 2. The molecule has 0 saturated carbocycles. The van der Waals surface area contributed by atoms with E-state index in [1.807, 2.05) is 18.2 Å². The summed E-state index contributed by atoms with van der Waals surface area (Å²) < 4.78 is 34.9. The molecule has 1 saturated heterocycles. The van der Waals surface area contributed by atoms with Crippen molar-refractivity contribution in [3.05, 3.63) is 35.5 Å². The quantitative estimate of drug-likeness (QED) is 0.542. The maximum atomic E-state index is 14.4. The van der Waals surface area contributed by atoms with E-state index in [1.165, 1.54) is 0 Å². The predicted molar refractivity (Wildman–Crippen MR) is 122 cm³/mol. The second-order valence-corrected chi connectivity index (χ2v) is 10.9. The number of morpholine rings is 1. The van der Waals surface area contributed by atoms with Crippen molar-refractivity contribution < 1.29 is 13.3 Å². The minimum absolute atomic E-state index is 0.0641. The number of anilines is 1. The van der Waals surface area contributed by atoms with Gasteiger partial charge in [-0.1, -0.05) is 25.4 Å². The molecule has 0 aromatic carbocycles. The number of halogens is 2. The number of H-pyrrole nitrogens is 1. The molecular weight excluding hydrogens is 443 g/mol. The number of pyridine rings is 1. The van der Waals surface area contributed by atoms with Gasteiger partial charge < -0.3 is 15.0 Å². The van der Waals surface area contributed by atoms with Crippen LogP contribution in [0.3, 0.4) is 0 Å². The monoisotopic (exact) mass is 466 g/mol. The molecule has 166 valence electrons. The van der Waals surface area contributed by atoms with Gasteiger partial charge in [-0.05, 0) is 11.9 Å². The third-order valence-electron chi connectivity index (χ3n) is 5.26. The molecule has 0 amide bonds. The van der Waals surface area contributed by atoms with E-state index in [9.17, 15) is 8.60 Å². The average molecular weight is 467 g/mol. The molecule has 31 heavy (non-hydrogen) atoms. The molecule has 0 radical (unpaired) electrons. The van der Waals surface area contributed by atoms with Crippen LogP contribution in [-0.4, -0.2) is 71.9 Å². The molecule has 4 rings (SSSR count). The van der Waals surface area contributed by atoms with E-state index in [0.29, 0.717) is 48.3 Å². The van der Waals surface area contributed by atoms with Gasteiger partial charge in [0.05, 0.1) is 23.9 Å². The molecule has 1 fully saturated rings. The van der Waals surface area contributed by atoms with Crippen LogP contribution in [0.15, 0.2) is 24.7 Å². The zero-order chi connectivity index (χ0) is 22.2. The molecule has 1 aliphatic heterocycles. The number of nitrogens with zero attached hydrogens (tertiary/aromatic N) is 4. The normalized spacial score (nSPS) is 19.6. The van der Waals surface area contributed by atoms with Crippen molar-refractivity contribution in [2.45, 2.75) is 25.2 Å². The summed E-state index contributed by atoms with van der Waals surface area (Å²) in [5, 5.41) is 4.16. The molecule has 0 bridgehead atoms. The van der Waals surface area contributed by atoms with Crippen LogP contribution in [0.4, 0.5) is 10.2 Å². The SMILES string of the molecule is C=S(=O)(C(C)C)N1CCOC(CNc2nc(-c3c[nH]c4ncc(Cl)cc34)ncc2F)C1. The summed E-state index contributed by atoms with van der Waals surface area (Å²) >= 11 is 6.06. The number of nitrogens with one attached hydrogen (secondary N) is 2. The van der Waals surface area contributed by atoms with Gasteiger partial charge in [-0.25, -0.2) is 23.6 Å². The zero-order valence-electron chi connectivity index (χ0n) is 17.3. The highest BCUT2D eigenvalue weighted by Gasteiger charge is 2.27. The summed E-state index contributed by atoms with van der Waals surface area (Å²) in [7, 11) is -2.38. The van der Waals surface area contributed by atoms with E-state index in [-0.39, 0.29) is 17.2 Å². The second-order valence-electron chi connectivity index (χ2n) is 7.64. The number of ether oxygens (including phenoxy) is 1. The summed E-state index contributed by atoms with van der Waals surface area (Å²) in [5.74, 6) is 3.74. The third kappa shape index (κ3) is 4.52. The molecule has 0 spiro atoms. The number of hydrogen-bond acceptors (Lipinski definition) is 6. The summed E-state index contributed by atoms with van der Waals surface area (Å²) in [5.41, 5.74) is 1.31. The van der Waals surface area contributed by atoms with Crippen LogP contribution in [0.1, 0.15) is 13.8 Å². The zero-order valence-corrected chi connectivity index (χ0v) is 18.8. The summed E-state index contributed by atoms with van der Waals surface area (Å²) in [6.45, 7) is 5.53. The van der Waals surface area contributed by atoms with Crippen molar-refractivity contribution in [1.29, 1.82) is 0 Å². The Hall–Kier alpha value is -2.27. The van der Waals surface area contributed by atoms with E-state index < -0.39 is 15.5 Å². The molecule has 1 aliphatic rings. The Balaban J connectivity index is 1.51. The highest BCUT2D eigenvalue weighted by molar-refractivity contribution is 7.98. The summed E-state index contributed by atoms with van der Waals surface area (Å²) in [6, 6.07) is 1.75. The first-order valence-electron chi connectivity index (χ1n) is 9.88. The van der Waals surface area contributed by atoms with Crippen molar-refractivity contribution in [1.82, 2.24) is 24.2 Å². The second kappa shape index (κ2) is 8.70. The van der Waals surface area contributed by atoms with E-state index in [2.05, 4.69) is 31.1 Å². The Morgan fingerprint density at radius 3 is 3.03 bits per heavy atom. The minimum Gasteiger partial charge on any atom is -0.374 e. The number of rotatable bonds is 6. The first-order chi connectivity index (χ1) is 14.8. The number of aromatic nitrogens is 4. The Kier molecular flexibility index (Phi) is 6.16. The fraction of sp³-hybridized carbons (Fsp3) is 0.400. The third-order valence-corrected chi connectivity index (χ3v) is 8.14. The lowest BCUT2D eigenvalue weighted by Crippen LogP contribution is -2.49. The molecule has 0 aliphatic carbocycles. The van der Waals surface area contributed by atoms with Gasteiger partial charge in [-0.15, -0.1) is 0 Å². The van der Waals surface area contributed by atoms with Gasteiger partial charge in [0.2, 0.25) is 0 Å². The van der Waals surface area contributed by atoms with Crippen molar-refractivity contribution in [3.63, 3.8) is 0 Å². The first-order valence-corrected chi connectivity index (χ1v) is 12.0. The Morgan fingerprint density at radius 1 is 1.45 bits per heavy atom. The summed E-state index contributed by atoms with van der Waals surface area (Å²) in [6.07, 6.45) is 4.10. The Labute approximate surface area is 185 Å². The van der Waals surface area contributed by atoms with Crippen LogP contribution >= 0.6 is 11.6 Å². The molecule has 8 nitrogen and oxygen atoms in total. The van der Waals surface area contributed by atoms with Crippen LogP contribution in [0.2, 0.25) is 5.02 Å². The van der Waals surface area contributed by atoms with Gasteiger partial charge in [-0.3, -0.25) is 4.21 Å². The number of fused-ring (bicyclic) bond motifs is 1. The first kappa shape index (κ1) is 21.9. The fourth-order valence-corrected chi connectivity index (χ4v) is 4.95. The maximum absolute atomic E-state index is 14.4. The summed E-state index contributed by atoms with van der Waals surface area (Å²) in [4.78, 5) is 15.7. The van der Waals surface area contributed by atoms with E-state index in [0.717, 1.165) is 11.6 Å². The smallest absolute Gasteiger partial charge is 0.183 e. The molecule has 11 heteroatoms. The van der Waals surface area contributed by atoms with Crippen LogP contribution in [0.25, 0.3) is 22.4 Å². The fourth-order valence-electron chi connectivity index (χ4n) is 3.39. The lowest BCUT2D eigenvalue weighted by molar-refractivity contribution is 0.00795. The largest absolute Gasteiger partial charge is 0.374 e. The minimum atomic E-state index is -2.38. The van der Waals surface area contributed by atoms with E-state index in [4.69, 9.17) is 16.3 Å². The number of aromatic amines is 1. The standard InChI is InChI=1S/C20H24ClFN6O2S/c1-12(2)31(3,29)28-4-5-30-14(11-28)8-24-20-17(22)10-26-19(27-20)16-9-25-18-15(16)6-13(21)7-23-18/h6-7,9-10,12,14H,3-5,8,11H2,1-2H3,(H,23,25)(H,24,26,27). The van der Waals surface area contributed by atoms with E-state index in [1.54, 1.807) is 18.5 Å². The maximum Gasteiger partial charge on any atom is 0.183 e. The van der Waals surface area contributed by atoms with Gasteiger partial charge in [0.15, 0.2) is 17.5 Å². The van der Waals surface area contributed by atoms with Gasteiger partial charge in [0, 0.05) is 57.9 Å². The van der Waals surface area contributed by atoms with Crippen LogP contribution in [0.5, 0.6) is 0 Å². The topological polar surface area (TPSA) is 96.0 Å². The van der Waals surface area contributed by atoms with Crippen molar-refractivity contribution >= 4 is 44.0 Å². The lowest BCUT2D eigenvalue weighted by Gasteiger charge is -2.36. The molecule has 4 heterocycles. The van der Waals surface area contributed by atoms with Gasteiger partial charge >= 0.3 is 0 Å².